The summed E-state index contributed by atoms with van der Waals surface area (Å²) in [6, 6.07) is 6.65. The molecule has 1 aliphatic heterocycles. The van der Waals surface area contributed by atoms with Crippen LogP contribution in [0.1, 0.15) is 10.4 Å². The molecule has 2 aromatic heterocycles. The Hall–Kier alpha value is -2.91. The number of aryl methyl sites for hydroxylation is 1. The number of nitrogens with zero attached hydrogens (tertiary/aromatic N) is 5. The molecular formula is C20H24ClN6O3+. The van der Waals surface area contributed by atoms with Crippen LogP contribution >= 0.6 is 11.6 Å². The van der Waals surface area contributed by atoms with Crippen molar-refractivity contribution in [3.05, 3.63) is 55.7 Å². The molecule has 9 nitrogen and oxygen atoms in total. The summed E-state index contributed by atoms with van der Waals surface area (Å²) in [4.78, 5) is 46.5. The summed E-state index contributed by atoms with van der Waals surface area (Å²) < 4.78 is 4.05. The zero-order valence-corrected chi connectivity index (χ0v) is 17.9. The van der Waals surface area contributed by atoms with E-state index in [1.54, 1.807) is 35.9 Å². The highest BCUT2D eigenvalue weighted by molar-refractivity contribution is 6.30. The molecule has 1 aliphatic rings. The number of fused-ring (bicyclic) bond motifs is 1. The largest absolute Gasteiger partial charge is 0.334 e. The summed E-state index contributed by atoms with van der Waals surface area (Å²) in [7, 11) is 5.14. The van der Waals surface area contributed by atoms with Crippen LogP contribution in [0.4, 0.5) is 5.95 Å². The van der Waals surface area contributed by atoms with Gasteiger partial charge in [-0.2, -0.15) is 4.98 Å². The minimum Gasteiger partial charge on any atom is -0.334 e. The molecule has 158 valence electrons. The molecule has 30 heavy (non-hydrogen) atoms. The first-order valence-electron chi connectivity index (χ1n) is 9.79. The molecule has 0 amide bonds. The lowest BCUT2D eigenvalue weighted by Crippen LogP contribution is -3.12. The number of carbonyl (C=O) groups is 1. The van der Waals surface area contributed by atoms with Gasteiger partial charge >= 0.3 is 5.69 Å². The number of aromatic nitrogens is 4. The Kier molecular flexibility index (Phi) is 5.25. The van der Waals surface area contributed by atoms with E-state index in [-0.39, 0.29) is 23.5 Å². The number of likely N-dealkylation sites (N-methyl/N-ethyl adjacent to an activating group) is 1. The summed E-state index contributed by atoms with van der Waals surface area (Å²) in [6.07, 6.45) is 0. The van der Waals surface area contributed by atoms with Gasteiger partial charge in [-0.25, -0.2) is 4.79 Å². The monoisotopic (exact) mass is 431 g/mol. The second kappa shape index (κ2) is 7.73. The van der Waals surface area contributed by atoms with Crippen LogP contribution in [0.5, 0.6) is 0 Å². The van der Waals surface area contributed by atoms with Crippen molar-refractivity contribution in [1.82, 2.24) is 18.7 Å². The SMILES string of the molecule is Cn1c(=O)c2c(nc(N3CC[NH+](C)CC3)n2CC(=O)c2ccc(Cl)cc2)n(C)c1=O. The maximum absolute atomic E-state index is 13.0. The maximum atomic E-state index is 13.0. The quantitative estimate of drug-likeness (QED) is 0.552. The van der Waals surface area contributed by atoms with Gasteiger partial charge in [0.25, 0.3) is 5.56 Å². The first-order chi connectivity index (χ1) is 14.3. The smallest absolute Gasteiger partial charge is 0.332 e. The fraction of sp³-hybridized carbons (Fsp3) is 0.400. The lowest BCUT2D eigenvalue weighted by molar-refractivity contribution is -0.880. The number of imidazole rings is 1. The van der Waals surface area contributed by atoms with Crippen LogP contribution < -0.4 is 21.0 Å². The van der Waals surface area contributed by atoms with Crippen molar-refractivity contribution in [3.63, 3.8) is 0 Å². The van der Waals surface area contributed by atoms with Gasteiger partial charge in [-0.1, -0.05) is 11.6 Å². The maximum Gasteiger partial charge on any atom is 0.332 e. The highest BCUT2D eigenvalue weighted by atomic mass is 35.5. The second-order valence-corrected chi connectivity index (χ2v) is 8.19. The number of hydrogen-bond acceptors (Lipinski definition) is 5. The third-order valence-corrected chi connectivity index (χ3v) is 5.95. The van der Waals surface area contributed by atoms with Crippen molar-refractivity contribution < 1.29 is 9.69 Å². The van der Waals surface area contributed by atoms with E-state index in [4.69, 9.17) is 11.6 Å². The molecule has 1 aromatic carbocycles. The molecule has 1 fully saturated rings. The van der Waals surface area contributed by atoms with E-state index in [9.17, 15) is 14.4 Å². The Bertz CT molecular complexity index is 1230. The minimum atomic E-state index is -0.462. The van der Waals surface area contributed by atoms with E-state index >= 15 is 0 Å². The lowest BCUT2D eigenvalue weighted by Gasteiger charge is -2.31. The molecule has 3 aromatic rings. The summed E-state index contributed by atoms with van der Waals surface area (Å²) in [5.74, 6) is 0.376. The topological polar surface area (TPSA) is 86.6 Å². The van der Waals surface area contributed by atoms with Crippen molar-refractivity contribution >= 4 is 34.5 Å². The number of nitrogens with one attached hydrogen (secondary N) is 1. The molecule has 0 spiro atoms. The van der Waals surface area contributed by atoms with Crippen LogP contribution in [0.15, 0.2) is 33.9 Å². The molecule has 0 atom stereocenters. The third-order valence-electron chi connectivity index (χ3n) is 5.70. The number of benzene rings is 1. The first kappa shape index (κ1) is 20.4. The van der Waals surface area contributed by atoms with E-state index in [2.05, 4.69) is 16.9 Å². The zero-order chi connectivity index (χ0) is 21.6. The van der Waals surface area contributed by atoms with Crippen molar-refractivity contribution in [2.24, 2.45) is 14.1 Å². The number of carbonyl (C=O) groups excluding carboxylic acids is 1. The van der Waals surface area contributed by atoms with Gasteiger partial charge in [0.1, 0.15) is 0 Å². The number of rotatable bonds is 4. The van der Waals surface area contributed by atoms with Crippen LogP contribution in [0, 0.1) is 0 Å². The van der Waals surface area contributed by atoms with Crippen LogP contribution in [-0.2, 0) is 20.6 Å². The van der Waals surface area contributed by atoms with E-state index in [1.807, 2.05) is 0 Å². The van der Waals surface area contributed by atoms with Crippen molar-refractivity contribution in [1.29, 1.82) is 0 Å². The summed E-state index contributed by atoms with van der Waals surface area (Å²) >= 11 is 5.93. The summed E-state index contributed by atoms with van der Waals surface area (Å²) in [5, 5.41) is 0.545. The normalized spacial score (nSPS) is 15.1. The van der Waals surface area contributed by atoms with Gasteiger partial charge in [0.15, 0.2) is 16.9 Å². The Morgan fingerprint density at radius 2 is 1.73 bits per heavy atom. The van der Waals surface area contributed by atoms with Crippen LogP contribution in [-0.4, -0.2) is 57.7 Å². The molecule has 4 rings (SSSR count). The van der Waals surface area contributed by atoms with Crippen molar-refractivity contribution in [2.45, 2.75) is 6.54 Å². The van der Waals surface area contributed by atoms with Gasteiger partial charge in [0.2, 0.25) is 5.95 Å². The van der Waals surface area contributed by atoms with Gasteiger partial charge < -0.3 is 9.80 Å². The predicted octanol–water partition coefficient (Wildman–Crippen LogP) is -0.695. The molecular weight excluding hydrogens is 408 g/mol. The number of ketones is 1. The molecule has 0 bridgehead atoms. The Labute approximate surface area is 177 Å². The van der Waals surface area contributed by atoms with Gasteiger partial charge in [-0.05, 0) is 24.3 Å². The van der Waals surface area contributed by atoms with E-state index < -0.39 is 11.2 Å². The van der Waals surface area contributed by atoms with Crippen LogP contribution in [0.2, 0.25) is 5.02 Å². The van der Waals surface area contributed by atoms with E-state index in [1.165, 1.54) is 16.5 Å². The molecule has 0 unspecified atom stereocenters. The molecule has 0 radical (unpaired) electrons. The van der Waals surface area contributed by atoms with E-state index in [0.29, 0.717) is 16.5 Å². The fourth-order valence-electron chi connectivity index (χ4n) is 3.79. The van der Waals surface area contributed by atoms with Crippen molar-refractivity contribution in [2.75, 3.05) is 38.1 Å². The Balaban J connectivity index is 1.87. The highest BCUT2D eigenvalue weighted by Gasteiger charge is 2.27. The predicted molar refractivity (Wildman–Crippen MR) is 115 cm³/mol. The summed E-state index contributed by atoms with van der Waals surface area (Å²) in [6.45, 7) is 3.29. The zero-order valence-electron chi connectivity index (χ0n) is 17.2. The molecule has 10 heteroatoms. The Morgan fingerprint density at radius 1 is 1.10 bits per heavy atom. The summed E-state index contributed by atoms with van der Waals surface area (Å²) in [5.41, 5.74) is 0.124. The second-order valence-electron chi connectivity index (χ2n) is 7.75. The van der Waals surface area contributed by atoms with Gasteiger partial charge in [0.05, 0.1) is 39.8 Å². The number of Topliss-reactive ketones (excluding diaryl/α,β-unsaturated/α-hetero) is 1. The molecule has 1 N–H and O–H groups in total. The average molecular weight is 432 g/mol. The van der Waals surface area contributed by atoms with Crippen molar-refractivity contribution in [3.8, 4) is 0 Å². The third kappa shape index (κ3) is 3.44. The lowest BCUT2D eigenvalue weighted by atomic mass is 10.1. The number of piperazine rings is 1. The Morgan fingerprint density at radius 3 is 2.37 bits per heavy atom. The fourth-order valence-corrected chi connectivity index (χ4v) is 3.91. The van der Waals surface area contributed by atoms with Gasteiger partial charge in [-0.3, -0.25) is 23.3 Å². The number of anilines is 1. The first-order valence-corrected chi connectivity index (χ1v) is 10.2. The minimum absolute atomic E-state index is 0.0555. The number of hydrogen-bond donors (Lipinski definition) is 1. The molecule has 1 saturated heterocycles. The molecule has 3 heterocycles. The van der Waals surface area contributed by atoms with Crippen LogP contribution in [0.25, 0.3) is 11.2 Å². The average Bonchev–Trinajstić information content (AvgIpc) is 3.11. The van der Waals surface area contributed by atoms with E-state index in [0.717, 1.165) is 30.7 Å². The van der Waals surface area contributed by atoms with Gasteiger partial charge in [0, 0.05) is 24.7 Å². The number of halogens is 1. The highest BCUT2D eigenvalue weighted by Crippen LogP contribution is 2.21. The molecule has 0 saturated carbocycles. The molecule has 0 aliphatic carbocycles. The van der Waals surface area contributed by atoms with Crippen LogP contribution in [0.3, 0.4) is 0 Å². The van der Waals surface area contributed by atoms with Gasteiger partial charge in [-0.15, -0.1) is 0 Å². The number of quaternary nitrogens is 1. The standard InChI is InChI=1S/C20H23ClN6O3/c1-23-8-10-26(11-9-23)19-22-17-16(18(29)25(3)20(30)24(17)2)27(19)12-15(28)13-4-6-14(21)7-5-13/h4-7H,8-12H2,1-3H3/p+1.